The van der Waals surface area contributed by atoms with E-state index in [0.29, 0.717) is 0 Å². The molecule has 1 amide bonds. The summed E-state index contributed by atoms with van der Waals surface area (Å²) in [5.74, 6) is 0.0763. The molecule has 0 bridgehead atoms. The van der Waals surface area contributed by atoms with Crippen molar-refractivity contribution in [2.24, 2.45) is 0 Å². The molecule has 1 aromatic rings. The van der Waals surface area contributed by atoms with Gasteiger partial charge in [-0.3, -0.25) is 9.69 Å². The standard InChI is InChI=1S/C18H25NO2S/c1-17(2)19(15(20)14-10-6-4-7-11-14)16(21-3)18(22-17)12-8-5-9-13-18/h4,6-7,10-11,16H,5,8-9,12-13H2,1-3H3. The summed E-state index contributed by atoms with van der Waals surface area (Å²) in [5.41, 5.74) is 0.742. The number of hydrogen-bond donors (Lipinski definition) is 0. The smallest absolute Gasteiger partial charge is 0.257 e. The fraction of sp³-hybridized carbons (Fsp3) is 0.611. The van der Waals surface area contributed by atoms with Gasteiger partial charge in [0.2, 0.25) is 0 Å². The lowest BCUT2D eigenvalue weighted by Crippen LogP contribution is -2.52. The van der Waals surface area contributed by atoms with Crippen molar-refractivity contribution >= 4 is 17.7 Å². The summed E-state index contributed by atoms with van der Waals surface area (Å²) < 4.78 is 5.94. The highest BCUT2D eigenvalue weighted by Gasteiger charge is 2.58. The van der Waals surface area contributed by atoms with Gasteiger partial charge in [-0.05, 0) is 38.8 Å². The molecule has 1 aromatic carbocycles. The quantitative estimate of drug-likeness (QED) is 0.814. The van der Waals surface area contributed by atoms with Crippen molar-refractivity contribution in [1.29, 1.82) is 0 Å². The van der Waals surface area contributed by atoms with E-state index in [2.05, 4.69) is 13.8 Å². The molecule has 0 N–H and O–H groups in total. The maximum Gasteiger partial charge on any atom is 0.257 e. The van der Waals surface area contributed by atoms with Gasteiger partial charge in [0.1, 0.15) is 6.23 Å². The van der Waals surface area contributed by atoms with Crippen molar-refractivity contribution in [3.8, 4) is 0 Å². The van der Waals surface area contributed by atoms with Crippen LogP contribution in [0.25, 0.3) is 0 Å². The van der Waals surface area contributed by atoms with Gasteiger partial charge in [-0.15, -0.1) is 11.8 Å². The Morgan fingerprint density at radius 3 is 2.41 bits per heavy atom. The van der Waals surface area contributed by atoms with Gasteiger partial charge in [0.05, 0.1) is 9.62 Å². The average Bonchev–Trinajstić information content (AvgIpc) is 2.74. The van der Waals surface area contributed by atoms with Gasteiger partial charge < -0.3 is 4.74 Å². The monoisotopic (exact) mass is 319 g/mol. The SMILES string of the molecule is COC1N(C(=O)c2ccccc2)C(C)(C)SC12CCCCC2. The minimum Gasteiger partial charge on any atom is -0.360 e. The number of carbonyl (C=O) groups excluding carboxylic acids is 1. The van der Waals surface area contributed by atoms with Crippen LogP contribution >= 0.6 is 11.8 Å². The molecular formula is C18H25NO2S. The summed E-state index contributed by atoms with van der Waals surface area (Å²) in [6, 6.07) is 9.56. The fourth-order valence-corrected chi connectivity index (χ4v) is 6.07. The van der Waals surface area contributed by atoms with Gasteiger partial charge in [0, 0.05) is 12.7 Å². The molecule has 1 saturated heterocycles. The van der Waals surface area contributed by atoms with E-state index in [1.165, 1.54) is 19.3 Å². The van der Waals surface area contributed by atoms with E-state index >= 15 is 0 Å². The predicted octanol–water partition coefficient (Wildman–Crippen LogP) is 4.29. The Kier molecular flexibility index (Phi) is 4.25. The van der Waals surface area contributed by atoms with Crippen molar-refractivity contribution in [1.82, 2.24) is 4.90 Å². The van der Waals surface area contributed by atoms with Crippen LogP contribution in [0.4, 0.5) is 0 Å². The van der Waals surface area contributed by atoms with Gasteiger partial charge in [-0.2, -0.15) is 0 Å². The van der Waals surface area contributed by atoms with Gasteiger partial charge in [0.25, 0.3) is 5.91 Å². The number of thioether (sulfide) groups is 1. The summed E-state index contributed by atoms with van der Waals surface area (Å²) in [4.78, 5) is 14.8. The van der Waals surface area contributed by atoms with Gasteiger partial charge in [-0.1, -0.05) is 37.5 Å². The maximum atomic E-state index is 13.1. The third kappa shape index (κ3) is 2.56. The Bertz CT molecular complexity index is 537. The normalized spacial score (nSPS) is 26.3. The summed E-state index contributed by atoms with van der Waals surface area (Å²) >= 11 is 1.93. The number of rotatable bonds is 2. The minimum absolute atomic E-state index is 0.0565. The molecule has 120 valence electrons. The summed E-state index contributed by atoms with van der Waals surface area (Å²) in [6.07, 6.45) is 5.90. The lowest BCUT2D eigenvalue weighted by Gasteiger charge is -2.38. The van der Waals surface area contributed by atoms with E-state index in [-0.39, 0.29) is 21.8 Å². The van der Waals surface area contributed by atoms with Crippen LogP contribution in [0.3, 0.4) is 0 Å². The van der Waals surface area contributed by atoms with Crippen LogP contribution in [0, 0.1) is 0 Å². The Balaban J connectivity index is 1.96. The zero-order valence-electron chi connectivity index (χ0n) is 13.7. The highest BCUT2D eigenvalue weighted by atomic mass is 32.2. The third-order valence-corrected chi connectivity index (χ3v) is 6.59. The molecule has 0 radical (unpaired) electrons. The number of benzene rings is 1. The van der Waals surface area contributed by atoms with Crippen LogP contribution in [-0.4, -0.2) is 33.8 Å². The molecule has 1 heterocycles. The van der Waals surface area contributed by atoms with Crippen LogP contribution < -0.4 is 0 Å². The molecule has 1 saturated carbocycles. The topological polar surface area (TPSA) is 29.5 Å². The Hall–Kier alpha value is -1.00. The zero-order valence-corrected chi connectivity index (χ0v) is 14.5. The van der Waals surface area contributed by atoms with Crippen LogP contribution in [0.5, 0.6) is 0 Å². The maximum absolute atomic E-state index is 13.1. The van der Waals surface area contributed by atoms with E-state index in [1.807, 2.05) is 47.0 Å². The van der Waals surface area contributed by atoms with Crippen LogP contribution in [0.15, 0.2) is 30.3 Å². The molecule has 1 atom stereocenters. The fourth-order valence-electron chi connectivity index (χ4n) is 4.00. The van der Waals surface area contributed by atoms with Crippen molar-refractivity contribution < 1.29 is 9.53 Å². The number of methoxy groups -OCH3 is 1. The van der Waals surface area contributed by atoms with Gasteiger partial charge >= 0.3 is 0 Å². The molecule has 0 aromatic heterocycles. The van der Waals surface area contributed by atoms with E-state index in [4.69, 9.17) is 4.74 Å². The third-order valence-electron chi connectivity index (χ3n) is 4.88. The largest absolute Gasteiger partial charge is 0.360 e. The molecule has 3 nitrogen and oxygen atoms in total. The van der Waals surface area contributed by atoms with E-state index in [0.717, 1.165) is 18.4 Å². The van der Waals surface area contributed by atoms with E-state index in [9.17, 15) is 4.79 Å². The van der Waals surface area contributed by atoms with E-state index < -0.39 is 0 Å². The first-order valence-electron chi connectivity index (χ1n) is 8.12. The predicted molar refractivity (Wildman–Crippen MR) is 90.9 cm³/mol. The first-order chi connectivity index (χ1) is 10.5. The second-order valence-electron chi connectivity index (χ2n) is 6.80. The number of carbonyl (C=O) groups is 1. The summed E-state index contributed by atoms with van der Waals surface area (Å²) in [5, 5.41) is 0. The molecule has 3 rings (SSSR count). The highest BCUT2D eigenvalue weighted by Crippen LogP contribution is 2.57. The molecule has 22 heavy (non-hydrogen) atoms. The summed E-state index contributed by atoms with van der Waals surface area (Å²) in [6.45, 7) is 4.29. The lowest BCUT2D eigenvalue weighted by atomic mass is 9.86. The highest BCUT2D eigenvalue weighted by molar-refractivity contribution is 8.02. The molecule has 1 aliphatic carbocycles. The zero-order chi connectivity index (χ0) is 15.8. The summed E-state index contributed by atoms with van der Waals surface area (Å²) in [7, 11) is 1.74. The Labute approximate surface area is 137 Å². The number of ether oxygens (including phenoxy) is 1. The first-order valence-corrected chi connectivity index (χ1v) is 8.93. The second kappa shape index (κ2) is 5.89. The van der Waals surface area contributed by atoms with Crippen LogP contribution in [0.2, 0.25) is 0 Å². The number of amides is 1. The van der Waals surface area contributed by atoms with Gasteiger partial charge in [-0.25, -0.2) is 0 Å². The molecule has 2 fully saturated rings. The molecular weight excluding hydrogens is 294 g/mol. The first kappa shape index (κ1) is 15.9. The average molecular weight is 319 g/mol. The number of nitrogens with zero attached hydrogens (tertiary/aromatic N) is 1. The number of hydrogen-bond acceptors (Lipinski definition) is 3. The van der Waals surface area contributed by atoms with Crippen molar-refractivity contribution in [3.05, 3.63) is 35.9 Å². The molecule has 2 aliphatic rings. The lowest BCUT2D eigenvalue weighted by molar-refractivity contribution is -0.0538. The minimum atomic E-state index is -0.245. The van der Waals surface area contributed by atoms with E-state index in [1.54, 1.807) is 7.11 Å². The van der Waals surface area contributed by atoms with Crippen molar-refractivity contribution in [3.63, 3.8) is 0 Å². The molecule has 1 unspecified atom stereocenters. The van der Waals surface area contributed by atoms with Gasteiger partial charge in [0.15, 0.2) is 0 Å². The second-order valence-corrected chi connectivity index (χ2v) is 8.82. The Morgan fingerprint density at radius 1 is 1.18 bits per heavy atom. The van der Waals surface area contributed by atoms with Crippen LogP contribution in [0.1, 0.15) is 56.3 Å². The molecule has 4 heteroatoms. The van der Waals surface area contributed by atoms with Crippen LogP contribution in [-0.2, 0) is 4.74 Å². The molecule has 1 aliphatic heterocycles. The van der Waals surface area contributed by atoms with Crippen molar-refractivity contribution in [2.45, 2.75) is 61.8 Å². The Morgan fingerprint density at radius 2 is 1.82 bits per heavy atom. The van der Waals surface area contributed by atoms with Crippen molar-refractivity contribution in [2.75, 3.05) is 7.11 Å². The molecule has 1 spiro atoms.